The smallest absolute Gasteiger partial charge is 0.265 e. The number of ether oxygens (including phenoxy) is 3. The van der Waals surface area contributed by atoms with Crippen molar-refractivity contribution in [2.75, 3.05) is 38.7 Å². The predicted molar refractivity (Wildman–Crippen MR) is 176 cm³/mol. The molecule has 1 unspecified atom stereocenters. The molecule has 3 aromatic carbocycles. The molecule has 0 aromatic heterocycles. The Kier molecular flexibility index (Phi) is 13.0. The lowest BCUT2D eigenvalue weighted by molar-refractivity contribution is -0.140. The van der Waals surface area contributed by atoms with Crippen LogP contribution in [0.25, 0.3) is 0 Å². The van der Waals surface area contributed by atoms with E-state index in [1.54, 1.807) is 25.1 Å². The molecule has 0 saturated heterocycles. The van der Waals surface area contributed by atoms with E-state index in [-0.39, 0.29) is 50.1 Å². The molecule has 0 saturated carbocycles. The number of hydrogen-bond donors (Lipinski definition) is 1. The number of amides is 2. The van der Waals surface area contributed by atoms with Gasteiger partial charge in [-0.3, -0.25) is 13.9 Å². The number of nitrogens with one attached hydrogen (secondary N) is 1. The first-order valence-corrected chi connectivity index (χ1v) is 16.6. The van der Waals surface area contributed by atoms with E-state index in [2.05, 4.69) is 5.32 Å². The highest BCUT2D eigenvalue weighted by molar-refractivity contribution is 7.92. The first-order chi connectivity index (χ1) is 21.4. The van der Waals surface area contributed by atoms with Gasteiger partial charge in [-0.2, -0.15) is 0 Å². The van der Waals surface area contributed by atoms with Crippen molar-refractivity contribution in [2.24, 2.45) is 0 Å². The van der Waals surface area contributed by atoms with Crippen molar-refractivity contribution in [3.05, 3.63) is 75.2 Å². The van der Waals surface area contributed by atoms with Gasteiger partial charge in [0, 0.05) is 39.8 Å². The molecule has 0 heterocycles. The van der Waals surface area contributed by atoms with Gasteiger partial charge in [-0.15, -0.1) is 0 Å². The quantitative estimate of drug-likeness (QED) is 0.201. The van der Waals surface area contributed by atoms with Crippen molar-refractivity contribution >= 4 is 62.3 Å². The van der Waals surface area contributed by atoms with E-state index in [1.165, 1.54) is 62.6 Å². The van der Waals surface area contributed by atoms with Crippen LogP contribution in [-0.2, 0) is 26.2 Å². The highest BCUT2D eigenvalue weighted by Crippen LogP contribution is 2.37. The summed E-state index contributed by atoms with van der Waals surface area (Å²) in [5.41, 5.74) is 0.415. The van der Waals surface area contributed by atoms with Gasteiger partial charge in [-0.25, -0.2) is 8.42 Å². The third-order valence-corrected chi connectivity index (χ3v) is 9.66. The summed E-state index contributed by atoms with van der Waals surface area (Å²) in [5, 5.41) is 3.61. The number of anilines is 1. The number of rotatable bonds is 15. The Bertz CT molecular complexity index is 1600. The number of benzene rings is 3. The maximum absolute atomic E-state index is 14.4. The Balaban J connectivity index is 2.20. The molecule has 0 fully saturated rings. The third kappa shape index (κ3) is 8.46. The van der Waals surface area contributed by atoms with E-state index in [0.29, 0.717) is 24.3 Å². The number of carbonyl (C=O) groups is 2. The summed E-state index contributed by atoms with van der Waals surface area (Å²) in [6, 6.07) is 12.4. The van der Waals surface area contributed by atoms with Gasteiger partial charge < -0.3 is 24.4 Å². The maximum atomic E-state index is 14.4. The monoisotopic (exact) mass is 699 g/mol. The Labute approximate surface area is 279 Å². The fourth-order valence-corrected chi connectivity index (χ4v) is 6.73. The highest BCUT2D eigenvalue weighted by atomic mass is 35.5. The minimum Gasteiger partial charge on any atom is -0.495 e. The zero-order valence-corrected chi connectivity index (χ0v) is 28.7. The molecule has 0 aliphatic rings. The van der Waals surface area contributed by atoms with Gasteiger partial charge in [0.25, 0.3) is 10.0 Å². The zero-order chi connectivity index (χ0) is 33.3. The van der Waals surface area contributed by atoms with Crippen LogP contribution >= 0.6 is 34.8 Å². The molecular weight excluding hydrogens is 665 g/mol. The fourth-order valence-electron chi connectivity index (χ4n) is 4.61. The molecule has 1 atom stereocenters. The molecule has 1 N–H and O–H groups in total. The van der Waals surface area contributed by atoms with Gasteiger partial charge >= 0.3 is 0 Å². The van der Waals surface area contributed by atoms with Crippen molar-refractivity contribution in [1.82, 2.24) is 10.2 Å². The Morgan fingerprint density at radius 2 is 1.49 bits per heavy atom. The molecule has 0 radical (unpaired) electrons. The molecule has 0 aliphatic carbocycles. The molecule has 0 bridgehead atoms. The van der Waals surface area contributed by atoms with Crippen molar-refractivity contribution < 1.29 is 32.2 Å². The number of sulfonamides is 1. The number of methoxy groups -OCH3 is 3. The second-order valence-corrected chi connectivity index (χ2v) is 12.9. The summed E-state index contributed by atoms with van der Waals surface area (Å²) in [5.74, 6) is -0.478. The van der Waals surface area contributed by atoms with Crippen LogP contribution in [0.3, 0.4) is 0 Å². The number of carbonyl (C=O) groups excluding carboxylic acids is 2. The van der Waals surface area contributed by atoms with E-state index >= 15 is 0 Å². The van der Waals surface area contributed by atoms with Gasteiger partial charge in [0.15, 0.2) is 11.5 Å². The second-order valence-electron chi connectivity index (χ2n) is 9.78. The topological polar surface area (TPSA) is 114 Å². The summed E-state index contributed by atoms with van der Waals surface area (Å²) < 4.78 is 45.7. The van der Waals surface area contributed by atoms with Crippen molar-refractivity contribution in [2.45, 2.75) is 44.2 Å². The maximum Gasteiger partial charge on any atom is 0.265 e. The fraction of sp³-hybridized carbons (Fsp3) is 0.355. The number of hydrogen-bond acceptors (Lipinski definition) is 7. The van der Waals surface area contributed by atoms with Crippen molar-refractivity contribution in [3.63, 3.8) is 0 Å². The van der Waals surface area contributed by atoms with E-state index in [1.807, 2.05) is 6.92 Å². The van der Waals surface area contributed by atoms with Crippen LogP contribution in [0, 0.1) is 0 Å². The third-order valence-electron chi connectivity index (χ3n) is 6.96. The van der Waals surface area contributed by atoms with E-state index in [4.69, 9.17) is 49.0 Å². The minimum atomic E-state index is -4.49. The SMILES string of the molecule is CCCNC(=O)C(CC)N(Cc1c(Cl)cccc1Cl)C(=O)CN(c1cc(Cl)ccc1OC)S(=O)(=O)c1ccc(OC)c(OC)c1. The standard InChI is InChI=1S/C31H36Cl3N3O7S/c1-6-15-35-31(39)25(7-2)36(18-22-23(33)9-8-10-24(22)34)30(38)19-37(26-16-20(32)11-13-27(26)42-3)45(40,41)21-12-14-28(43-4)29(17-21)44-5/h8-14,16-17,25H,6-7,15,18-19H2,1-5H3,(H,35,39). The molecule has 2 amide bonds. The molecule has 244 valence electrons. The van der Waals surface area contributed by atoms with Crippen LogP contribution < -0.4 is 23.8 Å². The second kappa shape index (κ2) is 16.3. The van der Waals surface area contributed by atoms with Gasteiger partial charge in [0.05, 0.1) is 31.9 Å². The molecule has 3 rings (SSSR count). The van der Waals surface area contributed by atoms with Crippen molar-refractivity contribution in [1.29, 1.82) is 0 Å². The van der Waals surface area contributed by atoms with E-state index in [9.17, 15) is 18.0 Å². The summed E-state index contributed by atoms with van der Waals surface area (Å²) in [6.45, 7) is 3.16. The molecule has 45 heavy (non-hydrogen) atoms. The Morgan fingerprint density at radius 1 is 0.867 bits per heavy atom. The summed E-state index contributed by atoms with van der Waals surface area (Å²) in [4.78, 5) is 28.8. The van der Waals surface area contributed by atoms with Crippen LogP contribution in [0.5, 0.6) is 17.2 Å². The largest absolute Gasteiger partial charge is 0.495 e. The highest BCUT2D eigenvalue weighted by Gasteiger charge is 2.35. The average Bonchev–Trinajstić information content (AvgIpc) is 3.03. The molecule has 0 aliphatic heterocycles. The van der Waals surface area contributed by atoms with Crippen LogP contribution in [0.4, 0.5) is 5.69 Å². The lowest BCUT2D eigenvalue weighted by Crippen LogP contribution is -2.52. The van der Waals surface area contributed by atoms with Gasteiger partial charge in [0.1, 0.15) is 18.3 Å². The van der Waals surface area contributed by atoms with Crippen LogP contribution in [0.1, 0.15) is 32.3 Å². The Hall–Kier alpha value is -3.38. The summed E-state index contributed by atoms with van der Waals surface area (Å²) in [6.07, 6.45) is 0.907. The van der Waals surface area contributed by atoms with E-state index < -0.39 is 34.4 Å². The van der Waals surface area contributed by atoms with Gasteiger partial charge in [-0.1, -0.05) is 54.7 Å². The summed E-state index contributed by atoms with van der Waals surface area (Å²) in [7, 11) is -0.317. The number of halogens is 3. The zero-order valence-electron chi connectivity index (χ0n) is 25.6. The Morgan fingerprint density at radius 3 is 2.07 bits per heavy atom. The first-order valence-electron chi connectivity index (χ1n) is 14.0. The van der Waals surface area contributed by atoms with Gasteiger partial charge in [0.2, 0.25) is 11.8 Å². The lowest BCUT2D eigenvalue weighted by Gasteiger charge is -2.34. The molecule has 10 nitrogen and oxygen atoms in total. The molecular formula is C31H36Cl3N3O7S. The van der Waals surface area contributed by atoms with Crippen molar-refractivity contribution in [3.8, 4) is 17.2 Å². The minimum absolute atomic E-state index is 0.00680. The van der Waals surface area contributed by atoms with Gasteiger partial charge in [-0.05, 0) is 55.3 Å². The summed E-state index contributed by atoms with van der Waals surface area (Å²) >= 11 is 19.3. The molecule has 0 spiro atoms. The normalized spacial score (nSPS) is 11.8. The van der Waals surface area contributed by atoms with E-state index in [0.717, 1.165) is 4.31 Å². The average molecular weight is 701 g/mol. The lowest BCUT2D eigenvalue weighted by atomic mass is 10.1. The first kappa shape index (κ1) is 36.1. The van der Waals surface area contributed by atoms with Crippen LogP contribution in [0.2, 0.25) is 15.1 Å². The number of nitrogens with zero attached hydrogens (tertiary/aromatic N) is 2. The molecule has 14 heteroatoms. The molecule has 3 aromatic rings. The van der Waals surface area contributed by atoms with Crippen LogP contribution in [-0.4, -0.2) is 65.6 Å². The predicted octanol–water partition coefficient (Wildman–Crippen LogP) is 6.20. The van der Waals surface area contributed by atoms with Crippen LogP contribution in [0.15, 0.2) is 59.5 Å².